The third-order valence-corrected chi connectivity index (χ3v) is 4.57. The summed E-state index contributed by atoms with van der Waals surface area (Å²) in [5.41, 5.74) is 1.06. The van der Waals surface area contributed by atoms with Crippen molar-refractivity contribution >= 4 is 23.5 Å². The van der Waals surface area contributed by atoms with Gasteiger partial charge in [0.1, 0.15) is 11.3 Å². The van der Waals surface area contributed by atoms with E-state index in [4.69, 9.17) is 4.74 Å². The van der Waals surface area contributed by atoms with E-state index in [1.165, 1.54) is 0 Å². The lowest BCUT2D eigenvalue weighted by Crippen LogP contribution is -2.40. The molecule has 27 heavy (non-hydrogen) atoms. The van der Waals surface area contributed by atoms with Crippen molar-refractivity contribution in [1.29, 1.82) is 0 Å². The van der Waals surface area contributed by atoms with Crippen molar-refractivity contribution in [1.82, 2.24) is 10.6 Å². The molecule has 0 bridgehead atoms. The average molecular weight is 367 g/mol. The van der Waals surface area contributed by atoms with Crippen molar-refractivity contribution in [2.24, 2.45) is 0 Å². The zero-order valence-electron chi connectivity index (χ0n) is 15.2. The number of benzene rings is 2. The van der Waals surface area contributed by atoms with Crippen LogP contribution in [0.1, 0.15) is 24.5 Å². The van der Waals surface area contributed by atoms with Crippen molar-refractivity contribution in [3.8, 4) is 5.75 Å². The Bertz CT molecular complexity index is 879. The van der Waals surface area contributed by atoms with Crippen molar-refractivity contribution in [3.63, 3.8) is 0 Å². The first-order valence-electron chi connectivity index (χ1n) is 8.57. The van der Waals surface area contributed by atoms with Gasteiger partial charge in [-0.3, -0.25) is 14.9 Å². The van der Waals surface area contributed by atoms with Crippen molar-refractivity contribution in [2.45, 2.75) is 25.3 Å². The molecule has 2 aromatic carbocycles. The molecule has 0 spiro atoms. The summed E-state index contributed by atoms with van der Waals surface area (Å²) >= 11 is 0. The van der Waals surface area contributed by atoms with Gasteiger partial charge in [0, 0.05) is 12.1 Å². The molecule has 3 rings (SSSR count). The predicted octanol–water partition coefficient (Wildman–Crippen LogP) is 2.32. The number of hydrogen-bond donors (Lipinski definition) is 3. The molecule has 0 aromatic heterocycles. The zero-order valence-corrected chi connectivity index (χ0v) is 15.2. The second-order valence-electron chi connectivity index (χ2n) is 6.51. The Labute approximate surface area is 157 Å². The number of methoxy groups -OCH3 is 1. The fourth-order valence-corrected chi connectivity index (χ4v) is 2.93. The highest BCUT2D eigenvalue weighted by molar-refractivity contribution is 6.07. The third-order valence-electron chi connectivity index (χ3n) is 4.57. The Kier molecular flexibility index (Phi) is 5.12. The fraction of sp³-hybridized carbons (Fsp3) is 0.250. The fourth-order valence-electron chi connectivity index (χ4n) is 2.93. The molecule has 1 heterocycles. The maximum Gasteiger partial charge on any atom is 0.322 e. The van der Waals surface area contributed by atoms with Gasteiger partial charge in [0.15, 0.2) is 0 Å². The zero-order chi connectivity index (χ0) is 19.4. The van der Waals surface area contributed by atoms with Crippen molar-refractivity contribution in [2.75, 3.05) is 12.4 Å². The van der Waals surface area contributed by atoms with Crippen LogP contribution >= 0.6 is 0 Å². The van der Waals surface area contributed by atoms with Crippen LogP contribution in [0.25, 0.3) is 0 Å². The normalized spacial score (nSPS) is 18.6. The van der Waals surface area contributed by atoms with E-state index >= 15 is 0 Å². The number of rotatable bonds is 6. The number of carbonyl (C=O) groups is 3. The SMILES string of the molecule is COc1ccc(CCC(=O)Nc2cccc(C3(C)NC(=O)NC3=O)c2)cc1. The van der Waals surface area contributed by atoms with Crippen LogP contribution in [-0.2, 0) is 21.5 Å². The topological polar surface area (TPSA) is 96.5 Å². The number of hydrogen-bond acceptors (Lipinski definition) is 4. The van der Waals surface area contributed by atoms with Crippen LogP contribution in [0.15, 0.2) is 48.5 Å². The van der Waals surface area contributed by atoms with E-state index in [-0.39, 0.29) is 5.91 Å². The molecule has 140 valence electrons. The van der Waals surface area contributed by atoms with Crippen LogP contribution in [-0.4, -0.2) is 25.0 Å². The second kappa shape index (κ2) is 7.49. The van der Waals surface area contributed by atoms with Crippen LogP contribution in [0.3, 0.4) is 0 Å². The molecular weight excluding hydrogens is 346 g/mol. The minimum absolute atomic E-state index is 0.131. The number of nitrogens with one attached hydrogen (secondary N) is 3. The highest BCUT2D eigenvalue weighted by atomic mass is 16.5. The van der Waals surface area contributed by atoms with Gasteiger partial charge in [0.05, 0.1) is 7.11 Å². The molecule has 2 aromatic rings. The second-order valence-corrected chi connectivity index (χ2v) is 6.51. The predicted molar refractivity (Wildman–Crippen MR) is 100 cm³/mol. The molecule has 4 amide bonds. The lowest BCUT2D eigenvalue weighted by Gasteiger charge is -2.21. The smallest absolute Gasteiger partial charge is 0.322 e. The minimum Gasteiger partial charge on any atom is -0.497 e. The number of aryl methyl sites for hydroxylation is 1. The molecule has 1 atom stereocenters. The Morgan fingerprint density at radius 2 is 1.89 bits per heavy atom. The molecule has 1 unspecified atom stereocenters. The van der Waals surface area contributed by atoms with E-state index in [1.54, 1.807) is 38.3 Å². The minimum atomic E-state index is -1.15. The van der Waals surface area contributed by atoms with Crippen LogP contribution in [0, 0.1) is 0 Å². The number of anilines is 1. The molecule has 0 aliphatic carbocycles. The first-order chi connectivity index (χ1) is 12.9. The monoisotopic (exact) mass is 367 g/mol. The summed E-state index contributed by atoms with van der Waals surface area (Å²) in [6.45, 7) is 1.62. The molecular formula is C20H21N3O4. The van der Waals surface area contributed by atoms with Gasteiger partial charge >= 0.3 is 6.03 Å². The first-order valence-corrected chi connectivity index (χ1v) is 8.57. The summed E-state index contributed by atoms with van der Waals surface area (Å²) in [4.78, 5) is 35.8. The standard InChI is InChI=1S/C20H21N3O4/c1-20(18(25)22-19(26)23-20)14-4-3-5-15(12-14)21-17(24)11-8-13-6-9-16(27-2)10-7-13/h3-7,9-10,12H,8,11H2,1-2H3,(H,21,24)(H2,22,23,25,26). The first kappa shape index (κ1) is 18.4. The van der Waals surface area contributed by atoms with Gasteiger partial charge < -0.3 is 15.4 Å². The molecule has 0 radical (unpaired) electrons. The van der Waals surface area contributed by atoms with Gasteiger partial charge in [-0.1, -0.05) is 24.3 Å². The van der Waals surface area contributed by atoms with Gasteiger partial charge in [-0.15, -0.1) is 0 Å². The summed E-state index contributed by atoms with van der Waals surface area (Å²) in [7, 11) is 1.61. The number of amides is 4. The van der Waals surface area contributed by atoms with Gasteiger partial charge in [-0.05, 0) is 48.7 Å². The Morgan fingerprint density at radius 1 is 1.15 bits per heavy atom. The lowest BCUT2D eigenvalue weighted by atomic mass is 9.92. The van der Waals surface area contributed by atoms with Crippen molar-refractivity contribution in [3.05, 3.63) is 59.7 Å². The summed E-state index contributed by atoms with van der Waals surface area (Å²) in [5, 5.41) is 7.67. The third kappa shape index (κ3) is 4.08. The summed E-state index contributed by atoms with van der Waals surface area (Å²) in [6, 6.07) is 13.9. The van der Waals surface area contributed by atoms with E-state index in [9.17, 15) is 14.4 Å². The van der Waals surface area contributed by atoms with E-state index in [0.29, 0.717) is 24.1 Å². The molecule has 7 nitrogen and oxygen atoms in total. The van der Waals surface area contributed by atoms with Crippen LogP contribution in [0.5, 0.6) is 5.75 Å². The highest BCUT2D eigenvalue weighted by Crippen LogP contribution is 2.26. The summed E-state index contributed by atoms with van der Waals surface area (Å²) < 4.78 is 5.12. The number of carbonyl (C=O) groups excluding carboxylic acids is 3. The van der Waals surface area contributed by atoms with E-state index < -0.39 is 17.5 Å². The Morgan fingerprint density at radius 3 is 2.52 bits per heavy atom. The lowest BCUT2D eigenvalue weighted by molar-refractivity contribution is -0.123. The summed E-state index contributed by atoms with van der Waals surface area (Å²) in [5.74, 6) is 0.222. The van der Waals surface area contributed by atoms with Gasteiger partial charge in [0.25, 0.3) is 5.91 Å². The Hall–Kier alpha value is -3.35. The van der Waals surface area contributed by atoms with E-state index in [1.807, 2.05) is 24.3 Å². The van der Waals surface area contributed by atoms with Crippen molar-refractivity contribution < 1.29 is 19.1 Å². The highest BCUT2D eigenvalue weighted by Gasteiger charge is 2.43. The van der Waals surface area contributed by atoms with Crippen LogP contribution < -0.4 is 20.7 Å². The maximum absolute atomic E-state index is 12.3. The molecule has 1 aliphatic heterocycles. The Balaban J connectivity index is 1.63. The van der Waals surface area contributed by atoms with Gasteiger partial charge in [-0.25, -0.2) is 4.79 Å². The molecule has 0 saturated carbocycles. The molecule has 3 N–H and O–H groups in total. The summed E-state index contributed by atoms with van der Waals surface area (Å²) in [6.07, 6.45) is 0.927. The van der Waals surface area contributed by atoms with Crippen LogP contribution in [0.4, 0.5) is 10.5 Å². The molecule has 1 fully saturated rings. The molecule has 1 saturated heterocycles. The van der Waals surface area contributed by atoms with Gasteiger partial charge in [0.2, 0.25) is 5.91 Å². The van der Waals surface area contributed by atoms with E-state index in [2.05, 4.69) is 16.0 Å². The van der Waals surface area contributed by atoms with Gasteiger partial charge in [-0.2, -0.15) is 0 Å². The molecule has 7 heteroatoms. The maximum atomic E-state index is 12.3. The number of imide groups is 1. The quantitative estimate of drug-likeness (QED) is 0.683. The van der Waals surface area contributed by atoms with E-state index in [0.717, 1.165) is 11.3 Å². The molecule has 1 aliphatic rings. The average Bonchev–Trinajstić information content (AvgIpc) is 2.93. The number of ether oxygens (including phenoxy) is 1. The largest absolute Gasteiger partial charge is 0.497 e. The van der Waals surface area contributed by atoms with Crippen LogP contribution in [0.2, 0.25) is 0 Å². The number of urea groups is 1.